The molecule has 0 amide bonds. The van der Waals surface area contributed by atoms with E-state index in [4.69, 9.17) is 4.74 Å². The van der Waals surface area contributed by atoms with Crippen LogP contribution in [-0.4, -0.2) is 6.10 Å². The molecule has 2 rings (SSSR count). The van der Waals surface area contributed by atoms with Gasteiger partial charge in [0.2, 0.25) is 0 Å². The van der Waals surface area contributed by atoms with Crippen molar-refractivity contribution in [1.29, 1.82) is 0 Å². The van der Waals surface area contributed by atoms with Crippen LogP contribution in [0.3, 0.4) is 0 Å². The van der Waals surface area contributed by atoms with E-state index in [-0.39, 0.29) is 6.10 Å². The molecule has 0 radical (unpaired) electrons. The normalized spacial score (nSPS) is 16.2. The largest absolute Gasteiger partial charge is 0.490 e. The molecule has 1 fully saturated rings. The second-order valence-corrected chi connectivity index (χ2v) is 3.99. The minimum atomic E-state index is -4.27. The van der Waals surface area contributed by atoms with Crippen LogP contribution in [0.4, 0.5) is 13.2 Å². The molecule has 4 heteroatoms. The van der Waals surface area contributed by atoms with E-state index in [1.165, 1.54) is 12.1 Å². The van der Waals surface area contributed by atoms with Crippen LogP contribution < -0.4 is 4.74 Å². The Bertz CT molecular complexity index is 380. The first-order valence-electron chi connectivity index (χ1n) is 5.37. The van der Waals surface area contributed by atoms with Crippen LogP contribution >= 0.6 is 0 Å². The number of benzene rings is 1. The molecule has 0 aromatic heterocycles. The van der Waals surface area contributed by atoms with Gasteiger partial charge < -0.3 is 4.74 Å². The molecule has 1 saturated carbocycles. The van der Waals surface area contributed by atoms with Gasteiger partial charge >= 0.3 is 6.18 Å². The molecule has 1 aromatic carbocycles. The minimum absolute atomic E-state index is 0.210. The summed E-state index contributed by atoms with van der Waals surface area (Å²) in [7, 11) is 0. The van der Waals surface area contributed by atoms with Crippen LogP contribution in [0.1, 0.15) is 30.9 Å². The van der Waals surface area contributed by atoms with E-state index in [2.05, 4.69) is 0 Å². The molecule has 1 aromatic rings. The molecule has 0 aliphatic heterocycles. The van der Waals surface area contributed by atoms with Crippen LogP contribution in [0.5, 0.6) is 5.75 Å². The average molecular weight is 230 g/mol. The predicted molar refractivity (Wildman–Crippen MR) is 54.5 cm³/mol. The smallest absolute Gasteiger partial charge is 0.416 e. The second kappa shape index (κ2) is 4.00. The predicted octanol–water partition coefficient (Wildman–Crippen LogP) is 3.81. The van der Waals surface area contributed by atoms with Crippen molar-refractivity contribution in [3.05, 3.63) is 29.3 Å². The molecule has 0 heterocycles. The molecule has 1 aliphatic rings. The van der Waals surface area contributed by atoms with E-state index in [0.717, 1.165) is 18.9 Å². The minimum Gasteiger partial charge on any atom is -0.490 e. The Hall–Kier alpha value is -1.19. The lowest BCUT2D eigenvalue weighted by molar-refractivity contribution is -0.138. The SMILES string of the molecule is CCc1cc(OC2CC2)ccc1C(F)(F)F. The van der Waals surface area contributed by atoms with Gasteiger partial charge in [-0.15, -0.1) is 0 Å². The van der Waals surface area contributed by atoms with Gasteiger partial charge in [-0.25, -0.2) is 0 Å². The van der Waals surface area contributed by atoms with E-state index >= 15 is 0 Å². The zero-order valence-corrected chi connectivity index (χ0v) is 8.97. The fourth-order valence-electron chi connectivity index (χ4n) is 1.59. The first kappa shape index (κ1) is 11.3. The third kappa shape index (κ3) is 2.49. The number of ether oxygens (including phenoxy) is 1. The van der Waals surface area contributed by atoms with Gasteiger partial charge in [-0.3, -0.25) is 0 Å². The summed E-state index contributed by atoms with van der Waals surface area (Å²) in [6, 6.07) is 4.01. The highest BCUT2D eigenvalue weighted by atomic mass is 19.4. The van der Waals surface area contributed by atoms with Crippen LogP contribution in [0, 0.1) is 0 Å². The maximum Gasteiger partial charge on any atom is 0.416 e. The molecular formula is C12H13F3O. The summed E-state index contributed by atoms with van der Waals surface area (Å²) < 4.78 is 43.3. The number of rotatable bonds is 3. The van der Waals surface area contributed by atoms with Crippen molar-refractivity contribution in [2.24, 2.45) is 0 Å². The number of hydrogen-bond donors (Lipinski definition) is 0. The van der Waals surface area contributed by atoms with E-state index in [1.807, 2.05) is 0 Å². The third-order valence-corrected chi connectivity index (χ3v) is 2.59. The van der Waals surface area contributed by atoms with E-state index in [9.17, 15) is 13.2 Å². The zero-order chi connectivity index (χ0) is 11.8. The summed E-state index contributed by atoms with van der Waals surface area (Å²) in [4.78, 5) is 0. The topological polar surface area (TPSA) is 9.23 Å². The first-order chi connectivity index (χ1) is 7.50. The standard InChI is InChI=1S/C12H13F3O/c1-2-8-7-10(16-9-3-4-9)5-6-11(8)12(13,14)15/h5-7,9H,2-4H2,1H3. The lowest BCUT2D eigenvalue weighted by atomic mass is 10.0. The summed E-state index contributed by atoms with van der Waals surface area (Å²) in [5, 5.41) is 0. The molecule has 0 unspecified atom stereocenters. The van der Waals surface area contributed by atoms with E-state index in [0.29, 0.717) is 17.7 Å². The monoisotopic (exact) mass is 230 g/mol. The molecule has 88 valence electrons. The summed E-state index contributed by atoms with van der Waals surface area (Å²) in [5.74, 6) is 0.548. The van der Waals surface area contributed by atoms with Crippen molar-refractivity contribution < 1.29 is 17.9 Å². The molecular weight excluding hydrogens is 217 g/mol. The lowest BCUT2D eigenvalue weighted by Gasteiger charge is -2.13. The fraction of sp³-hybridized carbons (Fsp3) is 0.500. The van der Waals surface area contributed by atoms with Crippen LogP contribution in [0.15, 0.2) is 18.2 Å². The summed E-state index contributed by atoms with van der Waals surface area (Å²) in [6.07, 6.45) is -1.70. The van der Waals surface area contributed by atoms with Crippen LogP contribution in [0.2, 0.25) is 0 Å². The molecule has 0 bridgehead atoms. The van der Waals surface area contributed by atoms with Gasteiger partial charge in [0.25, 0.3) is 0 Å². The Morgan fingerprint density at radius 3 is 2.50 bits per heavy atom. The molecule has 0 saturated heterocycles. The highest BCUT2D eigenvalue weighted by molar-refractivity contribution is 5.37. The molecule has 0 atom stereocenters. The van der Waals surface area contributed by atoms with Crippen molar-refractivity contribution in [3.8, 4) is 5.75 Å². The van der Waals surface area contributed by atoms with Gasteiger partial charge in [-0.1, -0.05) is 6.92 Å². The molecule has 1 nitrogen and oxygen atoms in total. The Balaban J connectivity index is 2.26. The highest BCUT2D eigenvalue weighted by Crippen LogP contribution is 2.35. The molecule has 16 heavy (non-hydrogen) atoms. The fourth-order valence-corrected chi connectivity index (χ4v) is 1.59. The van der Waals surface area contributed by atoms with Gasteiger partial charge in [-0.05, 0) is 43.0 Å². The summed E-state index contributed by atoms with van der Waals surface area (Å²) in [5.41, 5.74) is -0.260. The van der Waals surface area contributed by atoms with Crippen molar-refractivity contribution >= 4 is 0 Å². The Morgan fingerprint density at radius 1 is 1.31 bits per heavy atom. The second-order valence-electron chi connectivity index (χ2n) is 3.99. The molecule has 0 N–H and O–H groups in total. The zero-order valence-electron chi connectivity index (χ0n) is 8.97. The number of alkyl halides is 3. The Labute approximate surface area is 92.2 Å². The van der Waals surface area contributed by atoms with Gasteiger partial charge in [0.15, 0.2) is 0 Å². The number of halogens is 3. The number of aryl methyl sites for hydroxylation is 1. The first-order valence-corrected chi connectivity index (χ1v) is 5.37. The van der Waals surface area contributed by atoms with Crippen molar-refractivity contribution in [2.75, 3.05) is 0 Å². The van der Waals surface area contributed by atoms with E-state index < -0.39 is 11.7 Å². The van der Waals surface area contributed by atoms with E-state index in [1.54, 1.807) is 6.92 Å². The Kier molecular flexibility index (Phi) is 2.82. The average Bonchev–Trinajstić information content (AvgIpc) is 3.00. The highest BCUT2D eigenvalue weighted by Gasteiger charge is 2.33. The van der Waals surface area contributed by atoms with Gasteiger partial charge in [0.1, 0.15) is 5.75 Å². The summed E-state index contributed by atoms with van der Waals surface area (Å²) >= 11 is 0. The quantitative estimate of drug-likeness (QED) is 0.767. The third-order valence-electron chi connectivity index (χ3n) is 2.59. The Morgan fingerprint density at radius 2 is 2.00 bits per heavy atom. The van der Waals surface area contributed by atoms with Crippen LogP contribution in [-0.2, 0) is 12.6 Å². The van der Waals surface area contributed by atoms with Gasteiger partial charge in [-0.2, -0.15) is 13.2 Å². The molecule has 0 spiro atoms. The van der Waals surface area contributed by atoms with Crippen molar-refractivity contribution in [2.45, 2.75) is 38.5 Å². The maximum atomic E-state index is 12.6. The number of hydrogen-bond acceptors (Lipinski definition) is 1. The van der Waals surface area contributed by atoms with Gasteiger partial charge in [0.05, 0.1) is 11.7 Å². The maximum absolute atomic E-state index is 12.6. The summed E-state index contributed by atoms with van der Waals surface area (Å²) in [6.45, 7) is 1.71. The van der Waals surface area contributed by atoms with Crippen molar-refractivity contribution in [1.82, 2.24) is 0 Å². The van der Waals surface area contributed by atoms with Gasteiger partial charge in [0, 0.05) is 0 Å². The molecule has 1 aliphatic carbocycles. The lowest BCUT2D eigenvalue weighted by Crippen LogP contribution is -2.09. The van der Waals surface area contributed by atoms with Crippen molar-refractivity contribution in [3.63, 3.8) is 0 Å². The van der Waals surface area contributed by atoms with Crippen LogP contribution in [0.25, 0.3) is 0 Å².